The second kappa shape index (κ2) is 5.72. The first-order valence-electron chi connectivity index (χ1n) is 8.49. The molecule has 5 nitrogen and oxygen atoms in total. The highest BCUT2D eigenvalue weighted by Gasteiger charge is 2.64. The SMILES string of the molecule is CC1(C)[C@@H]2CC[C@]1(C)C(=O)N(NC(=O)CCc1ccccc1)C2=O. The smallest absolute Gasteiger partial charge is 0.254 e. The van der Waals surface area contributed by atoms with Gasteiger partial charge in [-0.05, 0) is 30.2 Å². The molecule has 24 heavy (non-hydrogen) atoms. The van der Waals surface area contributed by atoms with Crippen LogP contribution < -0.4 is 5.43 Å². The molecule has 2 bridgehead atoms. The summed E-state index contributed by atoms with van der Waals surface area (Å²) in [5, 5.41) is 0.982. The lowest BCUT2D eigenvalue weighted by Gasteiger charge is -2.47. The van der Waals surface area contributed by atoms with Gasteiger partial charge < -0.3 is 0 Å². The van der Waals surface area contributed by atoms with Crippen molar-refractivity contribution < 1.29 is 14.4 Å². The van der Waals surface area contributed by atoms with Gasteiger partial charge in [-0.1, -0.05) is 51.1 Å². The van der Waals surface area contributed by atoms with E-state index in [2.05, 4.69) is 5.43 Å². The van der Waals surface area contributed by atoms with Crippen LogP contribution in [-0.4, -0.2) is 22.7 Å². The van der Waals surface area contributed by atoms with Gasteiger partial charge in [0.2, 0.25) is 5.91 Å². The molecule has 1 saturated heterocycles. The number of hydrogen-bond donors (Lipinski definition) is 1. The Morgan fingerprint density at radius 3 is 2.54 bits per heavy atom. The van der Waals surface area contributed by atoms with Crippen LogP contribution in [0.4, 0.5) is 0 Å². The Bertz CT molecular complexity index is 683. The molecule has 1 aliphatic carbocycles. The maximum Gasteiger partial charge on any atom is 0.254 e. The van der Waals surface area contributed by atoms with Crippen molar-refractivity contribution in [2.75, 3.05) is 0 Å². The van der Waals surface area contributed by atoms with E-state index in [4.69, 9.17) is 0 Å². The minimum absolute atomic E-state index is 0.213. The summed E-state index contributed by atoms with van der Waals surface area (Å²) in [6, 6.07) is 9.67. The van der Waals surface area contributed by atoms with Gasteiger partial charge in [0.25, 0.3) is 11.8 Å². The van der Waals surface area contributed by atoms with E-state index in [1.54, 1.807) is 0 Å². The van der Waals surface area contributed by atoms with Crippen LogP contribution in [0.5, 0.6) is 0 Å². The predicted molar refractivity (Wildman–Crippen MR) is 89.4 cm³/mol. The van der Waals surface area contributed by atoms with Crippen LogP contribution in [0.15, 0.2) is 30.3 Å². The van der Waals surface area contributed by atoms with Crippen molar-refractivity contribution in [1.29, 1.82) is 0 Å². The van der Waals surface area contributed by atoms with E-state index >= 15 is 0 Å². The Balaban J connectivity index is 1.68. The summed E-state index contributed by atoms with van der Waals surface area (Å²) in [6.45, 7) is 5.87. The number of hydrogen-bond acceptors (Lipinski definition) is 3. The summed E-state index contributed by atoms with van der Waals surface area (Å²) in [5.41, 5.74) is 2.63. The van der Waals surface area contributed by atoms with E-state index in [0.717, 1.165) is 10.6 Å². The minimum atomic E-state index is -0.599. The Kier molecular flexibility index (Phi) is 3.98. The molecular weight excluding hydrogens is 304 g/mol. The molecule has 1 N–H and O–H groups in total. The number of aryl methyl sites for hydroxylation is 1. The fourth-order valence-electron chi connectivity index (χ4n) is 4.01. The lowest BCUT2D eigenvalue weighted by Crippen LogP contribution is -2.64. The number of carbonyl (C=O) groups excluding carboxylic acids is 3. The molecule has 2 aliphatic rings. The number of fused-ring (bicyclic) bond motifs is 2. The Morgan fingerprint density at radius 2 is 1.88 bits per heavy atom. The number of carbonyl (C=O) groups is 3. The number of nitrogens with zero attached hydrogens (tertiary/aromatic N) is 1. The Labute approximate surface area is 142 Å². The van der Waals surface area contributed by atoms with Crippen molar-refractivity contribution in [3.63, 3.8) is 0 Å². The molecule has 5 heteroatoms. The fourth-order valence-corrected chi connectivity index (χ4v) is 4.01. The highest BCUT2D eigenvalue weighted by atomic mass is 16.2. The Morgan fingerprint density at radius 1 is 1.21 bits per heavy atom. The highest BCUT2D eigenvalue weighted by Crippen LogP contribution is 2.59. The van der Waals surface area contributed by atoms with Crippen molar-refractivity contribution in [3.8, 4) is 0 Å². The average molecular weight is 328 g/mol. The van der Waals surface area contributed by atoms with Crippen LogP contribution in [0.3, 0.4) is 0 Å². The third kappa shape index (κ3) is 2.43. The van der Waals surface area contributed by atoms with Crippen LogP contribution in [0.1, 0.15) is 45.6 Å². The topological polar surface area (TPSA) is 66.5 Å². The van der Waals surface area contributed by atoms with Gasteiger partial charge in [-0.15, -0.1) is 0 Å². The van der Waals surface area contributed by atoms with Gasteiger partial charge in [-0.3, -0.25) is 19.8 Å². The van der Waals surface area contributed by atoms with E-state index in [1.807, 2.05) is 51.1 Å². The van der Waals surface area contributed by atoms with Gasteiger partial charge in [-0.25, -0.2) is 0 Å². The van der Waals surface area contributed by atoms with Crippen molar-refractivity contribution >= 4 is 17.7 Å². The maximum atomic E-state index is 12.8. The third-order valence-electron chi connectivity index (χ3n) is 6.14. The number of imide groups is 1. The maximum absolute atomic E-state index is 12.8. The molecule has 1 saturated carbocycles. The molecule has 3 rings (SSSR count). The summed E-state index contributed by atoms with van der Waals surface area (Å²) in [6.07, 6.45) is 2.21. The van der Waals surface area contributed by atoms with Crippen molar-refractivity contribution in [3.05, 3.63) is 35.9 Å². The number of benzene rings is 1. The van der Waals surface area contributed by atoms with Crippen molar-refractivity contribution in [2.24, 2.45) is 16.7 Å². The second-order valence-electron chi connectivity index (χ2n) is 7.64. The zero-order valence-electron chi connectivity index (χ0n) is 14.5. The van der Waals surface area contributed by atoms with Crippen molar-refractivity contribution in [1.82, 2.24) is 10.4 Å². The molecule has 2 fully saturated rings. The van der Waals surface area contributed by atoms with Crippen LogP contribution in [0.25, 0.3) is 0 Å². The van der Waals surface area contributed by atoms with Gasteiger partial charge in [0.05, 0.1) is 5.41 Å². The number of nitrogens with one attached hydrogen (secondary N) is 1. The number of rotatable bonds is 4. The molecule has 3 amide bonds. The van der Waals surface area contributed by atoms with Gasteiger partial charge in [-0.2, -0.15) is 5.01 Å². The lowest BCUT2D eigenvalue weighted by atomic mass is 9.63. The molecule has 1 aromatic carbocycles. The average Bonchev–Trinajstić information content (AvgIpc) is 2.75. The van der Waals surface area contributed by atoms with Gasteiger partial charge in [0.1, 0.15) is 0 Å². The fraction of sp³-hybridized carbons (Fsp3) is 0.526. The van der Waals surface area contributed by atoms with E-state index < -0.39 is 5.41 Å². The van der Waals surface area contributed by atoms with Gasteiger partial charge in [0, 0.05) is 12.3 Å². The van der Waals surface area contributed by atoms with Crippen LogP contribution in [0, 0.1) is 16.7 Å². The van der Waals surface area contributed by atoms with Crippen molar-refractivity contribution in [2.45, 2.75) is 46.5 Å². The first-order chi connectivity index (χ1) is 11.3. The summed E-state index contributed by atoms with van der Waals surface area (Å²) < 4.78 is 0. The minimum Gasteiger partial charge on any atom is -0.273 e. The molecule has 2 atom stereocenters. The monoisotopic (exact) mass is 328 g/mol. The van der Waals surface area contributed by atoms with E-state index in [1.165, 1.54) is 0 Å². The van der Waals surface area contributed by atoms with Crippen LogP contribution in [0.2, 0.25) is 0 Å². The molecule has 128 valence electrons. The summed E-state index contributed by atoms with van der Waals surface area (Å²) in [4.78, 5) is 37.7. The van der Waals surface area contributed by atoms with Crippen LogP contribution >= 0.6 is 0 Å². The lowest BCUT2D eigenvalue weighted by molar-refractivity contribution is -0.174. The molecule has 0 radical (unpaired) electrons. The largest absolute Gasteiger partial charge is 0.273 e. The van der Waals surface area contributed by atoms with Gasteiger partial charge >= 0.3 is 0 Å². The number of hydrazine groups is 1. The Hall–Kier alpha value is -2.17. The predicted octanol–water partition coefficient (Wildman–Crippen LogP) is 2.46. The molecule has 1 heterocycles. The van der Waals surface area contributed by atoms with Crippen LogP contribution in [-0.2, 0) is 20.8 Å². The zero-order chi connectivity index (χ0) is 17.5. The normalized spacial score (nSPS) is 28.1. The summed E-state index contributed by atoms with van der Waals surface area (Å²) >= 11 is 0. The first kappa shape index (κ1) is 16.7. The first-order valence-corrected chi connectivity index (χ1v) is 8.49. The second-order valence-corrected chi connectivity index (χ2v) is 7.64. The number of piperidine rings is 1. The third-order valence-corrected chi connectivity index (χ3v) is 6.14. The molecule has 1 aliphatic heterocycles. The quantitative estimate of drug-likeness (QED) is 0.864. The molecule has 0 aromatic heterocycles. The molecular formula is C19H24N2O3. The molecule has 0 unspecified atom stereocenters. The standard InChI is InChI=1S/C19H24N2O3/c1-18(2)14-11-12-19(18,3)17(24)21(16(14)23)20-15(22)10-9-13-7-5-4-6-8-13/h4-8,14H,9-12H2,1-3H3,(H,20,22)/t14-,19-/m1/s1. The van der Waals surface area contributed by atoms with E-state index in [0.29, 0.717) is 19.3 Å². The van der Waals surface area contributed by atoms with E-state index in [-0.39, 0.29) is 35.5 Å². The summed E-state index contributed by atoms with van der Waals surface area (Å²) in [7, 11) is 0. The number of amides is 3. The highest BCUT2D eigenvalue weighted by molar-refractivity contribution is 6.04. The summed E-state index contributed by atoms with van der Waals surface area (Å²) in [5.74, 6) is -1.06. The zero-order valence-corrected chi connectivity index (χ0v) is 14.5. The van der Waals surface area contributed by atoms with Gasteiger partial charge in [0.15, 0.2) is 0 Å². The molecule has 1 aromatic rings. The van der Waals surface area contributed by atoms with E-state index in [9.17, 15) is 14.4 Å². The molecule has 0 spiro atoms.